The monoisotopic (exact) mass is 352 g/mol. The first-order valence-corrected chi connectivity index (χ1v) is 8.14. The van der Waals surface area contributed by atoms with E-state index in [2.05, 4.69) is 11.1 Å². The second-order valence-corrected chi connectivity index (χ2v) is 6.82. The first-order chi connectivity index (χ1) is 11.8. The predicted octanol–water partition coefficient (Wildman–Crippen LogP) is 3.69. The molecule has 3 aromatic rings. The fraction of sp³-hybridized carbons (Fsp3) is 0.211. The van der Waals surface area contributed by atoms with Gasteiger partial charge >= 0.3 is 5.69 Å². The molecule has 0 aliphatic rings. The molecule has 5 nitrogen and oxygen atoms in total. The maximum atomic E-state index is 12.6. The van der Waals surface area contributed by atoms with Crippen LogP contribution in [0.2, 0.25) is 5.02 Å². The Kier molecular flexibility index (Phi) is 4.23. The number of benzene rings is 1. The highest BCUT2D eigenvalue weighted by molar-refractivity contribution is 6.30. The minimum absolute atomic E-state index is 0.177. The first kappa shape index (κ1) is 17.0. The van der Waals surface area contributed by atoms with Crippen molar-refractivity contribution < 1.29 is 0 Å². The van der Waals surface area contributed by atoms with Gasteiger partial charge in [0.05, 0.1) is 28.6 Å². The highest BCUT2D eigenvalue weighted by Crippen LogP contribution is 2.25. The topological polar surface area (TPSA) is 63.6 Å². The Morgan fingerprint density at radius 2 is 1.88 bits per heavy atom. The number of aryl methyl sites for hydroxylation is 1. The molecule has 0 radical (unpaired) electrons. The van der Waals surface area contributed by atoms with Crippen LogP contribution in [0.1, 0.15) is 19.4 Å². The van der Waals surface area contributed by atoms with E-state index < -0.39 is 5.41 Å². The molecule has 0 unspecified atom stereocenters. The van der Waals surface area contributed by atoms with Crippen LogP contribution in [0.4, 0.5) is 0 Å². The minimum atomic E-state index is -0.586. The molecule has 0 saturated carbocycles. The number of rotatable bonds is 3. The normalized spacial score (nSPS) is 11.3. The van der Waals surface area contributed by atoms with Gasteiger partial charge in [-0.15, -0.1) is 0 Å². The fourth-order valence-electron chi connectivity index (χ4n) is 2.62. The molecule has 0 amide bonds. The Labute approximate surface area is 150 Å². The molecule has 2 heterocycles. The summed E-state index contributed by atoms with van der Waals surface area (Å²) >= 11 is 6.06. The summed E-state index contributed by atoms with van der Waals surface area (Å²) in [5, 5.41) is 9.83. The van der Waals surface area contributed by atoms with E-state index in [1.54, 1.807) is 36.1 Å². The first-order valence-electron chi connectivity index (χ1n) is 7.76. The van der Waals surface area contributed by atoms with Crippen molar-refractivity contribution in [2.24, 2.45) is 7.05 Å². The predicted molar refractivity (Wildman–Crippen MR) is 97.9 cm³/mol. The Bertz CT molecular complexity index is 1020. The van der Waals surface area contributed by atoms with Crippen LogP contribution in [0, 0.1) is 11.3 Å². The lowest BCUT2D eigenvalue weighted by molar-refractivity contribution is 0.686. The Morgan fingerprint density at radius 1 is 1.20 bits per heavy atom. The van der Waals surface area contributed by atoms with E-state index in [1.807, 2.05) is 38.1 Å². The summed E-state index contributed by atoms with van der Waals surface area (Å²) in [4.78, 5) is 16.9. The molecule has 0 N–H and O–H groups in total. The summed E-state index contributed by atoms with van der Waals surface area (Å²) in [5.41, 5.74) is 2.11. The number of hydrogen-bond donors (Lipinski definition) is 0. The van der Waals surface area contributed by atoms with Gasteiger partial charge in [0.1, 0.15) is 0 Å². The van der Waals surface area contributed by atoms with E-state index in [4.69, 9.17) is 11.6 Å². The van der Waals surface area contributed by atoms with Gasteiger partial charge in [0.2, 0.25) is 0 Å². The largest absolute Gasteiger partial charge is 0.333 e. The average Bonchev–Trinajstić information content (AvgIpc) is 2.90. The Morgan fingerprint density at radius 3 is 2.48 bits per heavy atom. The molecular weight excluding hydrogens is 336 g/mol. The van der Waals surface area contributed by atoms with Crippen LogP contribution in [0.3, 0.4) is 0 Å². The van der Waals surface area contributed by atoms with Crippen molar-refractivity contribution in [1.82, 2.24) is 14.1 Å². The van der Waals surface area contributed by atoms with E-state index >= 15 is 0 Å². The van der Waals surface area contributed by atoms with Crippen LogP contribution >= 0.6 is 11.6 Å². The van der Waals surface area contributed by atoms with Crippen LogP contribution in [0.15, 0.2) is 53.6 Å². The highest BCUT2D eigenvalue weighted by atomic mass is 35.5. The van der Waals surface area contributed by atoms with Crippen LogP contribution in [-0.4, -0.2) is 14.1 Å². The molecule has 6 heteroatoms. The number of nitriles is 1. The zero-order chi connectivity index (χ0) is 18.2. The summed E-state index contributed by atoms with van der Waals surface area (Å²) in [5.74, 6) is 0. The van der Waals surface area contributed by atoms with Crippen molar-refractivity contribution in [1.29, 1.82) is 5.26 Å². The summed E-state index contributed by atoms with van der Waals surface area (Å²) in [7, 11) is 1.69. The molecule has 0 aliphatic carbocycles. The molecule has 2 aromatic heterocycles. The average molecular weight is 353 g/mol. The molecule has 0 spiro atoms. The zero-order valence-electron chi connectivity index (χ0n) is 14.2. The van der Waals surface area contributed by atoms with Crippen LogP contribution < -0.4 is 5.69 Å². The number of pyridine rings is 1. The smallest absolute Gasteiger partial charge is 0.301 e. The minimum Gasteiger partial charge on any atom is -0.301 e. The van der Waals surface area contributed by atoms with Gasteiger partial charge in [-0.25, -0.2) is 4.79 Å². The SMILES string of the molecule is Cn1cc(-c2cc(Cl)ccn2)n(-c2ccc(C(C)(C)C#N)cc2)c1=O. The van der Waals surface area contributed by atoms with Gasteiger partial charge in [0.25, 0.3) is 0 Å². The molecule has 126 valence electrons. The van der Waals surface area contributed by atoms with E-state index in [0.29, 0.717) is 22.1 Å². The second-order valence-electron chi connectivity index (χ2n) is 6.39. The van der Waals surface area contributed by atoms with Gasteiger partial charge in [0.15, 0.2) is 0 Å². The molecule has 0 atom stereocenters. The van der Waals surface area contributed by atoms with Crippen LogP contribution in [0.5, 0.6) is 0 Å². The van der Waals surface area contributed by atoms with Crippen molar-refractivity contribution >= 4 is 11.6 Å². The van der Waals surface area contributed by atoms with Gasteiger partial charge in [-0.2, -0.15) is 5.26 Å². The quantitative estimate of drug-likeness (QED) is 0.722. The molecule has 0 bridgehead atoms. The third kappa shape index (κ3) is 3.09. The van der Waals surface area contributed by atoms with Crippen LogP contribution in [-0.2, 0) is 12.5 Å². The van der Waals surface area contributed by atoms with E-state index in [0.717, 1.165) is 5.56 Å². The van der Waals surface area contributed by atoms with Crippen molar-refractivity contribution in [2.45, 2.75) is 19.3 Å². The lowest BCUT2D eigenvalue weighted by Crippen LogP contribution is -2.21. The summed E-state index contributed by atoms with van der Waals surface area (Å²) in [6, 6.07) is 13.1. The lowest BCUT2D eigenvalue weighted by Gasteiger charge is -2.16. The van der Waals surface area contributed by atoms with Gasteiger partial charge < -0.3 is 4.57 Å². The van der Waals surface area contributed by atoms with Crippen LogP contribution in [0.25, 0.3) is 17.1 Å². The molecule has 0 aliphatic heterocycles. The van der Waals surface area contributed by atoms with E-state index in [1.165, 1.54) is 4.57 Å². The number of imidazole rings is 1. The molecule has 25 heavy (non-hydrogen) atoms. The Hall–Kier alpha value is -2.84. The second kappa shape index (κ2) is 6.23. The maximum absolute atomic E-state index is 12.6. The maximum Gasteiger partial charge on any atom is 0.333 e. The summed E-state index contributed by atoms with van der Waals surface area (Å²) in [6.45, 7) is 3.72. The lowest BCUT2D eigenvalue weighted by atomic mass is 9.86. The molecule has 1 aromatic carbocycles. The third-order valence-electron chi connectivity index (χ3n) is 4.16. The van der Waals surface area contributed by atoms with Crippen molar-refractivity contribution in [2.75, 3.05) is 0 Å². The number of hydrogen-bond acceptors (Lipinski definition) is 3. The van der Waals surface area contributed by atoms with Gasteiger partial charge in [-0.3, -0.25) is 9.55 Å². The summed E-state index contributed by atoms with van der Waals surface area (Å²) in [6.07, 6.45) is 3.34. The number of halogens is 1. The Balaban J connectivity index is 2.15. The molecule has 0 fully saturated rings. The highest BCUT2D eigenvalue weighted by Gasteiger charge is 2.20. The number of nitrogens with zero attached hydrogens (tertiary/aromatic N) is 4. The number of aromatic nitrogens is 3. The van der Waals surface area contributed by atoms with Crippen molar-refractivity contribution in [3.8, 4) is 23.1 Å². The van der Waals surface area contributed by atoms with Gasteiger partial charge in [-0.05, 0) is 43.7 Å². The molecule has 0 saturated heterocycles. The van der Waals surface area contributed by atoms with Gasteiger partial charge in [-0.1, -0.05) is 23.7 Å². The zero-order valence-corrected chi connectivity index (χ0v) is 14.9. The fourth-order valence-corrected chi connectivity index (χ4v) is 2.78. The molecular formula is C19H17ClN4O. The van der Waals surface area contributed by atoms with Crippen molar-refractivity contribution in [3.05, 3.63) is 69.9 Å². The van der Waals surface area contributed by atoms with E-state index in [-0.39, 0.29) is 5.69 Å². The summed E-state index contributed by atoms with van der Waals surface area (Å²) < 4.78 is 3.09. The third-order valence-corrected chi connectivity index (χ3v) is 4.40. The standard InChI is InChI=1S/C19H17ClN4O/c1-19(2,12-21)13-4-6-15(7-5-13)24-17(11-23(3)18(24)25)16-10-14(20)8-9-22-16/h4-11H,1-3H3. The molecule has 3 rings (SSSR count). The van der Waals surface area contributed by atoms with E-state index in [9.17, 15) is 10.1 Å². The van der Waals surface area contributed by atoms with Crippen molar-refractivity contribution in [3.63, 3.8) is 0 Å². The van der Waals surface area contributed by atoms with Gasteiger partial charge in [0, 0.05) is 24.5 Å².